The van der Waals surface area contributed by atoms with Crippen molar-refractivity contribution in [1.29, 1.82) is 0 Å². The van der Waals surface area contributed by atoms with Gasteiger partial charge >= 0.3 is 0 Å². The minimum atomic E-state index is 0.448. The van der Waals surface area contributed by atoms with E-state index < -0.39 is 0 Å². The van der Waals surface area contributed by atoms with Crippen LogP contribution in [0.4, 0.5) is 0 Å². The molecule has 1 aromatic heterocycles. The van der Waals surface area contributed by atoms with Gasteiger partial charge in [0, 0.05) is 13.1 Å². The fourth-order valence-corrected chi connectivity index (χ4v) is 4.29. The van der Waals surface area contributed by atoms with Gasteiger partial charge in [-0.05, 0) is 77.0 Å². The van der Waals surface area contributed by atoms with Gasteiger partial charge in [-0.2, -0.15) is 0 Å². The maximum Gasteiger partial charge on any atom is 0.0967 e. The summed E-state index contributed by atoms with van der Waals surface area (Å²) in [5.41, 5.74) is 1.13. The molecular weight excluding hydrogens is 310 g/mol. The van der Waals surface area contributed by atoms with E-state index in [9.17, 15) is 0 Å². The molecule has 1 atom stereocenters. The lowest BCUT2D eigenvalue weighted by Crippen LogP contribution is -2.41. The molecular formula is C20H37N5. The van der Waals surface area contributed by atoms with E-state index in [1.165, 1.54) is 64.8 Å². The second-order valence-corrected chi connectivity index (χ2v) is 8.32. The number of piperidine rings is 2. The summed E-state index contributed by atoms with van der Waals surface area (Å²) in [6, 6.07) is 0.448. The van der Waals surface area contributed by atoms with E-state index in [1.54, 1.807) is 0 Å². The Morgan fingerprint density at radius 1 is 1.00 bits per heavy atom. The summed E-state index contributed by atoms with van der Waals surface area (Å²) in [6.45, 7) is 14.1. The highest BCUT2D eigenvalue weighted by Gasteiger charge is 2.24. The summed E-state index contributed by atoms with van der Waals surface area (Å²) in [5.74, 6) is 1.88. The maximum absolute atomic E-state index is 4.37. The molecule has 0 amide bonds. The zero-order chi connectivity index (χ0) is 17.6. The van der Waals surface area contributed by atoms with Crippen molar-refractivity contribution in [2.45, 2.75) is 71.9 Å². The predicted octanol–water partition coefficient (Wildman–Crippen LogP) is 3.58. The van der Waals surface area contributed by atoms with E-state index in [-0.39, 0.29) is 0 Å². The van der Waals surface area contributed by atoms with Crippen LogP contribution in [-0.2, 0) is 6.54 Å². The van der Waals surface area contributed by atoms with Crippen molar-refractivity contribution in [1.82, 2.24) is 24.8 Å². The molecule has 1 aromatic rings. The monoisotopic (exact) mass is 347 g/mol. The minimum absolute atomic E-state index is 0.448. The molecule has 3 rings (SSSR count). The van der Waals surface area contributed by atoms with Crippen LogP contribution in [0, 0.1) is 11.8 Å². The number of likely N-dealkylation sites (tertiary alicyclic amines) is 2. The molecule has 25 heavy (non-hydrogen) atoms. The third kappa shape index (κ3) is 5.27. The minimum Gasteiger partial charge on any atom is -0.303 e. The first-order chi connectivity index (χ1) is 12.2. The van der Waals surface area contributed by atoms with Crippen LogP contribution in [0.5, 0.6) is 0 Å². The molecule has 2 aliphatic heterocycles. The van der Waals surface area contributed by atoms with E-state index in [4.69, 9.17) is 0 Å². The average Bonchev–Trinajstić information content (AvgIpc) is 3.12. The van der Waals surface area contributed by atoms with Crippen LogP contribution in [0.1, 0.15) is 71.0 Å². The van der Waals surface area contributed by atoms with Crippen LogP contribution >= 0.6 is 0 Å². The van der Waals surface area contributed by atoms with E-state index in [2.05, 4.69) is 47.1 Å². The van der Waals surface area contributed by atoms with Crippen LogP contribution in [0.15, 0.2) is 6.20 Å². The Hall–Kier alpha value is -0.940. The highest BCUT2D eigenvalue weighted by molar-refractivity contribution is 4.94. The second kappa shape index (κ2) is 9.13. The molecule has 1 unspecified atom stereocenters. The first kappa shape index (κ1) is 18.8. The summed E-state index contributed by atoms with van der Waals surface area (Å²) >= 11 is 0. The van der Waals surface area contributed by atoms with Gasteiger partial charge in [0.2, 0.25) is 0 Å². The van der Waals surface area contributed by atoms with Gasteiger partial charge in [0.1, 0.15) is 0 Å². The number of hydrogen-bond donors (Lipinski definition) is 0. The lowest BCUT2D eigenvalue weighted by Gasteiger charge is -2.37. The quantitative estimate of drug-likeness (QED) is 0.755. The van der Waals surface area contributed by atoms with Crippen molar-refractivity contribution in [3.8, 4) is 0 Å². The standard InChI is InChI=1S/C20H37N5/c1-4-17(3)25-16-20(21-22-25)15-24-12-8-19(9-13-24)14-23-10-6-18(5-2)7-11-23/h16-19H,4-15H2,1-3H3. The molecule has 0 radical (unpaired) electrons. The molecule has 5 nitrogen and oxygen atoms in total. The largest absolute Gasteiger partial charge is 0.303 e. The molecule has 0 aliphatic carbocycles. The number of hydrogen-bond acceptors (Lipinski definition) is 4. The van der Waals surface area contributed by atoms with Gasteiger partial charge in [0.05, 0.1) is 17.9 Å². The molecule has 0 saturated carbocycles. The fraction of sp³-hybridized carbons (Fsp3) is 0.900. The average molecular weight is 348 g/mol. The van der Waals surface area contributed by atoms with Crippen molar-refractivity contribution in [3.05, 3.63) is 11.9 Å². The third-order valence-electron chi connectivity index (χ3n) is 6.49. The van der Waals surface area contributed by atoms with Crippen LogP contribution < -0.4 is 0 Å². The molecule has 0 spiro atoms. The van der Waals surface area contributed by atoms with Crippen molar-refractivity contribution in [2.24, 2.45) is 11.8 Å². The highest BCUT2D eigenvalue weighted by Crippen LogP contribution is 2.24. The Bertz CT molecular complexity index is 498. The van der Waals surface area contributed by atoms with Gasteiger partial charge in [-0.3, -0.25) is 4.90 Å². The number of nitrogens with zero attached hydrogens (tertiary/aromatic N) is 5. The molecule has 5 heteroatoms. The van der Waals surface area contributed by atoms with Crippen LogP contribution in [-0.4, -0.2) is 57.5 Å². The zero-order valence-electron chi connectivity index (χ0n) is 16.5. The fourth-order valence-electron chi connectivity index (χ4n) is 4.29. The molecule has 0 aromatic carbocycles. The Balaban J connectivity index is 1.38. The van der Waals surface area contributed by atoms with Gasteiger partial charge in [-0.25, -0.2) is 4.68 Å². The Kier molecular flexibility index (Phi) is 6.88. The molecule has 2 fully saturated rings. The van der Waals surface area contributed by atoms with Crippen molar-refractivity contribution < 1.29 is 0 Å². The second-order valence-electron chi connectivity index (χ2n) is 8.32. The molecule has 3 heterocycles. The molecule has 2 saturated heterocycles. The summed E-state index contributed by atoms with van der Waals surface area (Å²) in [5, 5.41) is 8.66. The SMILES string of the molecule is CCC1CCN(CC2CCN(Cc3cn(C(C)CC)nn3)CC2)CC1. The number of rotatable bonds is 7. The Morgan fingerprint density at radius 3 is 2.28 bits per heavy atom. The predicted molar refractivity (Wildman–Crippen MR) is 102 cm³/mol. The maximum atomic E-state index is 4.37. The van der Waals surface area contributed by atoms with Crippen LogP contribution in [0.25, 0.3) is 0 Å². The first-order valence-electron chi connectivity index (χ1n) is 10.5. The van der Waals surface area contributed by atoms with Crippen LogP contribution in [0.2, 0.25) is 0 Å². The highest BCUT2D eigenvalue weighted by atomic mass is 15.4. The van der Waals surface area contributed by atoms with E-state index in [0.29, 0.717) is 6.04 Å². The molecule has 0 N–H and O–H groups in total. The lowest BCUT2D eigenvalue weighted by atomic mass is 9.91. The molecule has 0 bridgehead atoms. The van der Waals surface area contributed by atoms with E-state index in [1.807, 2.05) is 4.68 Å². The Morgan fingerprint density at radius 2 is 1.64 bits per heavy atom. The smallest absolute Gasteiger partial charge is 0.0967 e. The van der Waals surface area contributed by atoms with E-state index in [0.717, 1.165) is 30.5 Å². The summed E-state index contributed by atoms with van der Waals surface area (Å²) < 4.78 is 2.02. The molecule has 2 aliphatic rings. The van der Waals surface area contributed by atoms with Crippen molar-refractivity contribution >= 4 is 0 Å². The van der Waals surface area contributed by atoms with Gasteiger partial charge in [-0.1, -0.05) is 25.5 Å². The molecule has 142 valence electrons. The van der Waals surface area contributed by atoms with E-state index >= 15 is 0 Å². The summed E-state index contributed by atoms with van der Waals surface area (Å²) in [4.78, 5) is 5.29. The summed E-state index contributed by atoms with van der Waals surface area (Å²) in [7, 11) is 0. The zero-order valence-corrected chi connectivity index (χ0v) is 16.5. The first-order valence-corrected chi connectivity index (χ1v) is 10.5. The Labute approximate surface area is 153 Å². The van der Waals surface area contributed by atoms with Crippen molar-refractivity contribution in [3.63, 3.8) is 0 Å². The third-order valence-corrected chi connectivity index (χ3v) is 6.49. The topological polar surface area (TPSA) is 37.2 Å². The van der Waals surface area contributed by atoms with Crippen molar-refractivity contribution in [2.75, 3.05) is 32.7 Å². The van der Waals surface area contributed by atoms with Crippen LogP contribution in [0.3, 0.4) is 0 Å². The van der Waals surface area contributed by atoms with Gasteiger partial charge in [0.15, 0.2) is 0 Å². The summed E-state index contributed by atoms with van der Waals surface area (Å²) in [6.07, 6.45) is 10.1. The number of aromatic nitrogens is 3. The van der Waals surface area contributed by atoms with Gasteiger partial charge in [-0.15, -0.1) is 5.10 Å². The van der Waals surface area contributed by atoms with Gasteiger partial charge < -0.3 is 4.90 Å². The lowest BCUT2D eigenvalue weighted by molar-refractivity contribution is 0.114. The normalized spacial score (nSPS) is 23.2. The van der Waals surface area contributed by atoms with Gasteiger partial charge in [0.25, 0.3) is 0 Å².